The molecule has 156 valence electrons. The number of rotatable bonds is 9. The van der Waals surface area contributed by atoms with Gasteiger partial charge in [0, 0.05) is 5.56 Å². The molecule has 0 saturated carbocycles. The van der Waals surface area contributed by atoms with Gasteiger partial charge in [0.05, 0.1) is 19.6 Å². The van der Waals surface area contributed by atoms with Crippen LogP contribution in [0.3, 0.4) is 0 Å². The second-order valence-corrected chi connectivity index (χ2v) is 7.21. The molecular weight excluding hydrogens is 368 g/mol. The van der Waals surface area contributed by atoms with Crippen LogP contribution in [0.15, 0.2) is 48.5 Å². The number of ether oxygens (including phenoxy) is 2. The van der Waals surface area contributed by atoms with Gasteiger partial charge in [-0.3, -0.25) is 20.4 Å². The number of hydrazine groups is 1. The second kappa shape index (κ2) is 11.1. The van der Waals surface area contributed by atoms with Crippen LogP contribution in [0.1, 0.15) is 55.5 Å². The van der Waals surface area contributed by atoms with Gasteiger partial charge in [-0.15, -0.1) is 0 Å². The SMILES string of the molecule is CCC(C(=O)NNC(=O)c1ccc(OCCC(C)C)c(OC)c1)c1ccccc1. The zero-order chi connectivity index (χ0) is 21.2. The fraction of sp³-hybridized carbons (Fsp3) is 0.391. The van der Waals surface area contributed by atoms with Crippen molar-refractivity contribution in [2.75, 3.05) is 13.7 Å². The van der Waals surface area contributed by atoms with Crippen molar-refractivity contribution in [3.05, 3.63) is 59.7 Å². The Bertz CT molecular complexity index is 806. The van der Waals surface area contributed by atoms with E-state index in [0.29, 0.717) is 36.0 Å². The van der Waals surface area contributed by atoms with Crippen molar-refractivity contribution in [1.29, 1.82) is 0 Å². The molecule has 29 heavy (non-hydrogen) atoms. The molecule has 0 aromatic heterocycles. The number of benzene rings is 2. The quantitative estimate of drug-likeness (QED) is 0.624. The highest BCUT2D eigenvalue weighted by Crippen LogP contribution is 2.28. The molecule has 2 amide bonds. The summed E-state index contributed by atoms with van der Waals surface area (Å²) in [5.41, 5.74) is 6.27. The maximum Gasteiger partial charge on any atom is 0.269 e. The highest BCUT2D eigenvalue weighted by molar-refractivity contribution is 5.96. The van der Waals surface area contributed by atoms with Crippen LogP contribution in [0.5, 0.6) is 11.5 Å². The second-order valence-electron chi connectivity index (χ2n) is 7.21. The van der Waals surface area contributed by atoms with Gasteiger partial charge < -0.3 is 9.47 Å². The molecule has 2 rings (SSSR count). The van der Waals surface area contributed by atoms with Crippen LogP contribution in [0.2, 0.25) is 0 Å². The first kappa shape index (κ1) is 22.3. The molecule has 0 radical (unpaired) electrons. The van der Waals surface area contributed by atoms with Crippen molar-refractivity contribution in [3.63, 3.8) is 0 Å². The van der Waals surface area contributed by atoms with E-state index in [-0.39, 0.29) is 11.8 Å². The minimum absolute atomic E-state index is 0.257. The lowest BCUT2D eigenvalue weighted by Gasteiger charge is -2.16. The van der Waals surface area contributed by atoms with Gasteiger partial charge in [-0.05, 0) is 42.5 Å². The van der Waals surface area contributed by atoms with Gasteiger partial charge in [0.25, 0.3) is 5.91 Å². The maximum absolute atomic E-state index is 12.5. The molecule has 6 nitrogen and oxygen atoms in total. The lowest BCUT2D eigenvalue weighted by atomic mass is 9.96. The highest BCUT2D eigenvalue weighted by Gasteiger charge is 2.19. The zero-order valence-electron chi connectivity index (χ0n) is 17.5. The van der Waals surface area contributed by atoms with Gasteiger partial charge in [-0.25, -0.2) is 0 Å². The van der Waals surface area contributed by atoms with E-state index in [0.717, 1.165) is 12.0 Å². The molecule has 2 aromatic carbocycles. The molecule has 1 atom stereocenters. The summed E-state index contributed by atoms with van der Waals surface area (Å²) in [7, 11) is 1.53. The van der Waals surface area contributed by atoms with Gasteiger partial charge in [0.1, 0.15) is 0 Å². The van der Waals surface area contributed by atoms with E-state index in [4.69, 9.17) is 9.47 Å². The first-order chi connectivity index (χ1) is 14.0. The summed E-state index contributed by atoms with van der Waals surface area (Å²) >= 11 is 0. The molecule has 0 bridgehead atoms. The van der Waals surface area contributed by atoms with E-state index < -0.39 is 5.91 Å². The van der Waals surface area contributed by atoms with Crippen LogP contribution in [0.25, 0.3) is 0 Å². The molecule has 2 aromatic rings. The third kappa shape index (κ3) is 6.52. The minimum Gasteiger partial charge on any atom is -0.493 e. The van der Waals surface area contributed by atoms with E-state index in [1.54, 1.807) is 18.2 Å². The van der Waals surface area contributed by atoms with E-state index in [2.05, 4.69) is 24.7 Å². The van der Waals surface area contributed by atoms with Crippen LogP contribution < -0.4 is 20.3 Å². The van der Waals surface area contributed by atoms with Gasteiger partial charge in [0.2, 0.25) is 5.91 Å². The van der Waals surface area contributed by atoms with Gasteiger partial charge in [-0.2, -0.15) is 0 Å². The average molecular weight is 399 g/mol. The molecule has 1 unspecified atom stereocenters. The van der Waals surface area contributed by atoms with Crippen molar-refractivity contribution in [1.82, 2.24) is 10.9 Å². The van der Waals surface area contributed by atoms with E-state index in [1.807, 2.05) is 37.3 Å². The third-order valence-corrected chi connectivity index (χ3v) is 4.60. The van der Waals surface area contributed by atoms with E-state index in [9.17, 15) is 9.59 Å². The van der Waals surface area contributed by atoms with Gasteiger partial charge in [0.15, 0.2) is 11.5 Å². The van der Waals surface area contributed by atoms with Crippen LogP contribution >= 0.6 is 0 Å². The molecule has 0 fully saturated rings. The lowest BCUT2D eigenvalue weighted by Crippen LogP contribution is -2.43. The predicted molar refractivity (Wildman–Crippen MR) is 113 cm³/mol. The molecule has 0 aliphatic carbocycles. The van der Waals surface area contributed by atoms with Crippen molar-refractivity contribution >= 4 is 11.8 Å². The topological polar surface area (TPSA) is 76.7 Å². The summed E-state index contributed by atoms with van der Waals surface area (Å²) < 4.78 is 11.1. The Hall–Kier alpha value is -3.02. The molecule has 0 spiro atoms. The number of methoxy groups -OCH3 is 1. The Morgan fingerprint density at radius 1 is 1.00 bits per heavy atom. The standard InChI is InChI=1S/C23H30N2O4/c1-5-19(17-9-7-6-8-10-17)23(27)25-24-22(26)18-11-12-20(21(15-18)28-4)29-14-13-16(2)3/h6-12,15-16,19H,5,13-14H2,1-4H3,(H,24,26)(H,25,27). The van der Waals surface area contributed by atoms with E-state index in [1.165, 1.54) is 7.11 Å². The summed E-state index contributed by atoms with van der Waals surface area (Å²) in [6.45, 7) is 6.77. The van der Waals surface area contributed by atoms with Gasteiger partial charge in [-0.1, -0.05) is 51.1 Å². The van der Waals surface area contributed by atoms with Crippen molar-refractivity contribution in [3.8, 4) is 11.5 Å². The van der Waals surface area contributed by atoms with Crippen molar-refractivity contribution in [2.24, 2.45) is 5.92 Å². The number of nitrogens with one attached hydrogen (secondary N) is 2. The smallest absolute Gasteiger partial charge is 0.269 e. The average Bonchev–Trinajstić information content (AvgIpc) is 2.73. The monoisotopic (exact) mass is 398 g/mol. The van der Waals surface area contributed by atoms with Crippen LogP contribution in [0, 0.1) is 5.92 Å². The molecule has 2 N–H and O–H groups in total. The molecule has 0 saturated heterocycles. The number of carbonyl (C=O) groups is 2. The normalized spacial score (nSPS) is 11.6. The predicted octanol–water partition coefficient (Wildman–Crippen LogP) is 4.07. The molecule has 6 heteroatoms. The summed E-state index contributed by atoms with van der Waals surface area (Å²) in [5.74, 6) is 0.591. The fourth-order valence-electron chi connectivity index (χ4n) is 2.87. The Kier molecular flexibility index (Phi) is 8.52. The first-order valence-electron chi connectivity index (χ1n) is 9.92. The molecule has 0 aliphatic rings. The van der Waals surface area contributed by atoms with Crippen LogP contribution in [-0.4, -0.2) is 25.5 Å². The van der Waals surface area contributed by atoms with Crippen LogP contribution in [-0.2, 0) is 4.79 Å². The maximum atomic E-state index is 12.5. The summed E-state index contributed by atoms with van der Waals surface area (Å²) in [6.07, 6.45) is 1.55. The number of carbonyl (C=O) groups excluding carboxylic acids is 2. The molecule has 0 heterocycles. The summed E-state index contributed by atoms with van der Waals surface area (Å²) in [5, 5.41) is 0. The lowest BCUT2D eigenvalue weighted by molar-refractivity contribution is -0.123. The first-order valence-corrected chi connectivity index (χ1v) is 9.92. The summed E-state index contributed by atoms with van der Waals surface area (Å²) in [6, 6.07) is 14.4. The third-order valence-electron chi connectivity index (χ3n) is 4.60. The molecular formula is C23H30N2O4. The van der Waals surface area contributed by atoms with Crippen molar-refractivity contribution in [2.45, 2.75) is 39.5 Å². The zero-order valence-corrected chi connectivity index (χ0v) is 17.5. The Morgan fingerprint density at radius 2 is 1.72 bits per heavy atom. The number of amides is 2. The number of hydrogen-bond acceptors (Lipinski definition) is 4. The van der Waals surface area contributed by atoms with E-state index >= 15 is 0 Å². The largest absolute Gasteiger partial charge is 0.493 e. The Morgan fingerprint density at radius 3 is 2.34 bits per heavy atom. The Labute approximate surface area is 172 Å². The highest BCUT2D eigenvalue weighted by atomic mass is 16.5. The van der Waals surface area contributed by atoms with Crippen LogP contribution in [0.4, 0.5) is 0 Å². The Balaban J connectivity index is 1.98. The van der Waals surface area contributed by atoms with Crippen molar-refractivity contribution < 1.29 is 19.1 Å². The minimum atomic E-state index is -0.423. The number of hydrogen-bond donors (Lipinski definition) is 2. The molecule has 0 aliphatic heterocycles. The fourth-order valence-corrected chi connectivity index (χ4v) is 2.87. The summed E-state index contributed by atoms with van der Waals surface area (Å²) in [4.78, 5) is 24.9. The van der Waals surface area contributed by atoms with Gasteiger partial charge >= 0.3 is 0 Å².